The summed E-state index contributed by atoms with van der Waals surface area (Å²) in [6.45, 7) is 9.07. The van der Waals surface area contributed by atoms with Gasteiger partial charge in [-0.25, -0.2) is 0 Å². The molecular formula is C16H25ClN2O2. The van der Waals surface area contributed by atoms with Crippen molar-refractivity contribution < 1.29 is 9.47 Å². The molecule has 1 aromatic carbocycles. The van der Waals surface area contributed by atoms with Crippen molar-refractivity contribution in [2.24, 2.45) is 0 Å². The number of ether oxygens (including phenoxy) is 2. The van der Waals surface area contributed by atoms with Crippen LogP contribution in [0, 0.1) is 0 Å². The predicted octanol–water partition coefficient (Wildman–Crippen LogP) is 2.69. The van der Waals surface area contributed by atoms with E-state index >= 15 is 0 Å². The summed E-state index contributed by atoms with van der Waals surface area (Å²) in [5.41, 5.74) is 2.16. The first-order valence-corrected chi connectivity index (χ1v) is 7.76. The van der Waals surface area contributed by atoms with Crippen LogP contribution in [-0.2, 0) is 16.0 Å². The summed E-state index contributed by atoms with van der Waals surface area (Å²) < 4.78 is 10.8. The molecule has 1 saturated heterocycles. The lowest BCUT2D eigenvalue weighted by Crippen LogP contribution is -2.48. The van der Waals surface area contributed by atoms with E-state index in [-0.39, 0.29) is 5.60 Å². The molecule has 0 aliphatic carbocycles. The second-order valence-corrected chi connectivity index (χ2v) is 6.39. The van der Waals surface area contributed by atoms with Crippen LogP contribution < -0.4 is 10.2 Å². The number of hydrogen-bond acceptors (Lipinski definition) is 4. The number of morpholine rings is 1. The van der Waals surface area contributed by atoms with Crippen LogP contribution >= 0.6 is 11.6 Å². The van der Waals surface area contributed by atoms with Gasteiger partial charge in [-0.05, 0) is 31.5 Å². The van der Waals surface area contributed by atoms with Gasteiger partial charge in [-0.2, -0.15) is 0 Å². The van der Waals surface area contributed by atoms with Gasteiger partial charge >= 0.3 is 0 Å². The maximum Gasteiger partial charge on any atom is 0.0801 e. The molecule has 0 saturated carbocycles. The summed E-state index contributed by atoms with van der Waals surface area (Å²) in [6.07, 6.45) is 0. The third kappa shape index (κ3) is 4.85. The Kier molecular flexibility index (Phi) is 5.88. The SMILES string of the molecule is COCCNCc1ccc(N2CCOC(C)(C)C2)c(Cl)c1. The fourth-order valence-electron chi connectivity index (χ4n) is 2.55. The quantitative estimate of drug-likeness (QED) is 0.819. The first kappa shape index (κ1) is 16.6. The van der Waals surface area contributed by atoms with Crippen LogP contribution in [0.1, 0.15) is 19.4 Å². The average Bonchev–Trinajstić information content (AvgIpc) is 2.42. The minimum absolute atomic E-state index is 0.123. The molecule has 1 aromatic rings. The van der Waals surface area contributed by atoms with Crippen molar-refractivity contribution in [3.8, 4) is 0 Å². The zero-order valence-corrected chi connectivity index (χ0v) is 13.9. The summed E-state index contributed by atoms with van der Waals surface area (Å²) in [4.78, 5) is 2.30. The van der Waals surface area contributed by atoms with Gasteiger partial charge in [0.25, 0.3) is 0 Å². The number of halogens is 1. The van der Waals surface area contributed by atoms with Gasteiger partial charge in [-0.1, -0.05) is 17.7 Å². The maximum atomic E-state index is 6.46. The molecule has 4 nitrogen and oxygen atoms in total. The Hall–Kier alpha value is -0.810. The minimum Gasteiger partial charge on any atom is -0.383 e. The highest BCUT2D eigenvalue weighted by atomic mass is 35.5. The van der Waals surface area contributed by atoms with Crippen molar-refractivity contribution in [2.45, 2.75) is 26.0 Å². The van der Waals surface area contributed by atoms with Crippen LogP contribution in [0.25, 0.3) is 0 Å². The normalized spacial score (nSPS) is 18.0. The van der Waals surface area contributed by atoms with Gasteiger partial charge in [0.05, 0.1) is 29.5 Å². The monoisotopic (exact) mass is 312 g/mol. The van der Waals surface area contributed by atoms with Crippen molar-refractivity contribution in [1.82, 2.24) is 5.32 Å². The summed E-state index contributed by atoms with van der Waals surface area (Å²) in [5.74, 6) is 0. The lowest BCUT2D eigenvalue weighted by atomic mass is 10.1. The molecule has 1 N–H and O–H groups in total. The van der Waals surface area contributed by atoms with E-state index in [1.807, 2.05) is 6.07 Å². The van der Waals surface area contributed by atoms with Crippen LogP contribution in [0.5, 0.6) is 0 Å². The van der Waals surface area contributed by atoms with Crippen LogP contribution in [0.15, 0.2) is 18.2 Å². The molecule has 0 radical (unpaired) electrons. The van der Waals surface area contributed by atoms with Crippen LogP contribution in [0.2, 0.25) is 5.02 Å². The van der Waals surface area contributed by atoms with E-state index in [1.165, 1.54) is 5.56 Å². The Labute approximate surface area is 132 Å². The smallest absolute Gasteiger partial charge is 0.0801 e. The first-order chi connectivity index (χ1) is 10.0. The average molecular weight is 313 g/mol. The molecule has 0 amide bonds. The van der Waals surface area contributed by atoms with E-state index < -0.39 is 0 Å². The van der Waals surface area contributed by atoms with Crippen molar-refractivity contribution >= 4 is 17.3 Å². The Morgan fingerprint density at radius 1 is 1.43 bits per heavy atom. The Bertz CT molecular complexity index is 466. The molecule has 0 spiro atoms. The van der Waals surface area contributed by atoms with E-state index in [2.05, 4.69) is 36.2 Å². The Balaban J connectivity index is 1.98. The van der Waals surface area contributed by atoms with Gasteiger partial charge in [-0.15, -0.1) is 0 Å². The molecule has 0 bridgehead atoms. The van der Waals surface area contributed by atoms with Gasteiger partial charge in [0.15, 0.2) is 0 Å². The summed E-state index contributed by atoms with van der Waals surface area (Å²) in [7, 11) is 1.71. The topological polar surface area (TPSA) is 33.7 Å². The van der Waals surface area contributed by atoms with Crippen LogP contribution in [0.3, 0.4) is 0 Å². The second-order valence-electron chi connectivity index (χ2n) is 5.99. The largest absolute Gasteiger partial charge is 0.383 e. The van der Waals surface area contributed by atoms with E-state index in [9.17, 15) is 0 Å². The van der Waals surface area contributed by atoms with Crippen molar-refractivity contribution in [3.05, 3.63) is 28.8 Å². The van der Waals surface area contributed by atoms with E-state index in [1.54, 1.807) is 7.11 Å². The fourth-order valence-corrected chi connectivity index (χ4v) is 2.87. The number of nitrogens with zero attached hydrogens (tertiary/aromatic N) is 1. The Morgan fingerprint density at radius 2 is 2.24 bits per heavy atom. The second kappa shape index (κ2) is 7.45. The molecule has 5 heteroatoms. The van der Waals surface area contributed by atoms with E-state index in [4.69, 9.17) is 21.1 Å². The molecule has 0 unspecified atom stereocenters. The zero-order valence-electron chi connectivity index (χ0n) is 13.1. The molecule has 2 rings (SSSR count). The summed E-state index contributed by atoms with van der Waals surface area (Å²) in [5, 5.41) is 4.13. The van der Waals surface area contributed by atoms with Crippen molar-refractivity contribution in [3.63, 3.8) is 0 Å². The molecular weight excluding hydrogens is 288 g/mol. The molecule has 1 aliphatic heterocycles. The lowest BCUT2D eigenvalue weighted by molar-refractivity contribution is -0.0276. The zero-order chi connectivity index (χ0) is 15.3. The van der Waals surface area contributed by atoms with E-state index in [0.29, 0.717) is 6.61 Å². The number of rotatable bonds is 6. The fraction of sp³-hybridized carbons (Fsp3) is 0.625. The van der Waals surface area contributed by atoms with Gasteiger partial charge in [0.2, 0.25) is 0 Å². The number of nitrogens with one attached hydrogen (secondary N) is 1. The standard InChI is InChI=1S/C16H25ClN2O2/c1-16(2)12-19(7-9-21-16)15-5-4-13(10-14(15)17)11-18-6-8-20-3/h4-5,10,18H,6-9,11-12H2,1-3H3. The highest BCUT2D eigenvalue weighted by Crippen LogP contribution is 2.30. The van der Waals surface area contributed by atoms with Gasteiger partial charge < -0.3 is 19.7 Å². The molecule has 1 aliphatic rings. The number of anilines is 1. The highest BCUT2D eigenvalue weighted by Gasteiger charge is 2.28. The third-order valence-electron chi connectivity index (χ3n) is 3.59. The van der Waals surface area contributed by atoms with Gasteiger partial charge in [0.1, 0.15) is 0 Å². The van der Waals surface area contributed by atoms with Crippen LogP contribution in [-0.4, -0.2) is 45.6 Å². The Morgan fingerprint density at radius 3 is 2.90 bits per heavy atom. The number of hydrogen-bond donors (Lipinski definition) is 1. The molecule has 1 heterocycles. The van der Waals surface area contributed by atoms with Crippen molar-refractivity contribution in [1.29, 1.82) is 0 Å². The summed E-state index contributed by atoms with van der Waals surface area (Å²) in [6, 6.07) is 6.28. The van der Waals surface area contributed by atoms with Gasteiger partial charge in [0, 0.05) is 33.3 Å². The first-order valence-electron chi connectivity index (χ1n) is 7.39. The molecule has 118 valence electrons. The van der Waals surface area contributed by atoms with Crippen molar-refractivity contribution in [2.75, 3.05) is 44.9 Å². The molecule has 0 atom stereocenters. The highest BCUT2D eigenvalue weighted by molar-refractivity contribution is 6.33. The van der Waals surface area contributed by atoms with Gasteiger partial charge in [-0.3, -0.25) is 0 Å². The number of methoxy groups -OCH3 is 1. The van der Waals surface area contributed by atoms with Crippen LogP contribution in [0.4, 0.5) is 5.69 Å². The molecule has 1 fully saturated rings. The summed E-state index contributed by atoms with van der Waals surface area (Å²) >= 11 is 6.46. The van der Waals surface area contributed by atoms with E-state index in [0.717, 1.165) is 43.5 Å². The third-order valence-corrected chi connectivity index (χ3v) is 3.89. The predicted molar refractivity (Wildman–Crippen MR) is 87.3 cm³/mol. The molecule has 0 aromatic heterocycles. The minimum atomic E-state index is -0.123. The maximum absolute atomic E-state index is 6.46. The lowest BCUT2D eigenvalue weighted by Gasteiger charge is -2.39. The molecule has 21 heavy (non-hydrogen) atoms. The number of benzene rings is 1.